The highest BCUT2D eigenvalue weighted by atomic mass is 16.3. The highest BCUT2D eigenvalue weighted by molar-refractivity contribution is 5.97. The number of hydrogen-bond acceptors (Lipinski definition) is 3. The number of aliphatic hydroxyl groups excluding tert-OH is 1. The van der Waals surface area contributed by atoms with Crippen molar-refractivity contribution in [2.24, 2.45) is 5.92 Å². The number of carbonyl (C=O) groups is 2. The predicted molar refractivity (Wildman–Crippen MR) is 97.9 cm³/mol. The molecule has 1 atom stereocenters. The number of aliphatic hydroxyl groups is 1. The van der Waals surface area contributed by atoms with Gasteiger partial charge in [0, 0.05) is 5.69 Å². The minimum Gasteiger partial charge on any atom is -0.392 e. The van der Waals surface area contributed by atoms with Crippen LogP contribution in [0.2, 0.25) is 0 Å². The molecule has 0 spiro atoms. The van der Waals surface area contributed by atoms with Crippen LogP contribution in [0, 0.1) is 5.92 Å². The fourth-order valence-corrected chi connectivity index (χ4v) is 2.51. The van der Waals surface area contributed by atoms with Crippen LogP contribution in [-0.4, -0.2) is 23.0 Å². The zero-order valence-corrected chi connectivity index (χ0v) is 14.5. The molecule has 2 aromatic carbocycles. The zero-order chi connectivity index (χ0) is 18.2. The van der Waals surface area contributed by atoms with Gasteiger partial charge in [0.1, 0.15) is 6.04 Å². The Balaban J connectivity index is 2.01. The average Bonchev–Trinajstić information content (AvgIpc) is 2.60. The van der Waals surface area contributed by atoms with Crippen molar-refractivity contribution in [2.45, 2.75) is 32.9 Å². The zero-order valence-electron chi connectivity index (χ0n) is 14.5. The van der Waals surface area contributed by atoms with Crippen molar-refractivity contribution in [3.63, 3.8) is 0 Å². The molecule has 0 saturated carbocycles. The van der Waals surface area contributed by atoms with Gasteiger partial charge in [-0.05, 0) is 29.2 Å². The fraction of sp³-hybridized carbons (Fsp3) is 0.300. The smallest absolute Gasteiger partial charge is 0.247 e. The van der Waals surface area contributed by atoms with Crippen LogP contribution in [0.4, 0.5) is 5.69 Å². The second-order valence-electron chi connectivity index (χ2n) is 6.30. The van der Waals surface area contributed by atoms with E-state index in [-0.39, 0.29) is 30.8 Å². The molecule has 0 aliphatic carbocycles. The topological polar surface area (TPSA) is 78.4 Å². The van der Waals surface area contributed by atoms with Gasteiger partial charge in [0.05, 0.1) is 13.0 Å². The number of amides is 2. The Bertz CT molecular complexity index is 714. The summed E-state index contributed by atoms with van der Waals surface area (Å²) in [6.45, 7) is 3.68. The van der Waals surface area contributed by atoms with Gasteiger partial charge in [-0.25, -0.2) is 0 Å². The van der Waals surface area contributed by atoms with E-state index in [9.17, 15) is 14.7 Å². The van der Waals surface area contributed by atoms with E-state index >= 15 is 0 Å². The van der Waals surface area contributed by atoms with Gasteiger partial charge in [0.15, 0.2) is 0 Å². The fourth-order valence-electron chi connectivity index (χ4n) is 2.51. The standard InChI is InChI=1S/C20H24N2O3/c1-14(2)19(22-18(24)12-15-7-4-3-5-8-15)20(25)21-17-10-6-9-16(11-17)13-23/h3-11,14,19,23H,12-13H2,1-2H3,(H,21,25)(H,22,24)/t19-/m0/s1. The maximum atomic E-state index is 12.6. The molecule has 0 saturated heterocycles. The lowest BCUT2D eigenvalue weighted by Crippen LogP contribution is -2.47. The van der Waals surface area contributed by atoms with Gasteiger partial charge in [-0.15, -0.1) is 0 Å². The summed E-state index contributed by atoms with van der Waals surface area (Å²) in [6.07, 6.45) is 0.233. The highest BCUT2D eigenvalue weighted by Crippen LogP contribution is 2.13. The van der Waals surface area contributed by atoms with Crippen LogP contribution in [0.25, 0.3) is 0 Å². The Labute approximate surface area is 148 Å². The summed E-state index contributed by atoms with van der Waals surface area (Å²) in [7, 11) is 0. The van der Waals surface area contributed by atoms with Crippen molar-refractivity contribution in [2.75, 3.05) is 5.32 Å². The van der Waals surface area contributed by atoms with E-state index in [2.05, 4.69) is 10.6 Å². The lowest BCUT2D eigenvalue weighted by molar-refractivity contribution is -0.127. The lowest BCUT2D eigenvalue weighted by atomic mass is 10.0. The third-order valence-electron chi connectivity index (χ3n) is 3.85. The summed E-state index contributed by atoms with van der Waals surface area (Å²) in [5.41, 5.74) is 2.21. The van der Waals surface area contributed by atoms with Crippen molar-refractivity contribution >= 4 is 17.5 Å². The second-order valence-corrected chi connectivity index (χ2v) is 6.30. The maximum absolute atomic E-state index is 12.6. The van der Waals surface area contributed by atoms with E-state index in [0.717, 1.165) is 5.56 Å². The van der Waals surface area contributed by atoms with E-state index in [0.29, 0.717) is 11.3 Å². The highest BCUT2D eigenvalue weighted by Gasteiger charge is 2.24. The molecule has 2 amide bonds. The van der Waals surface area contributed by atoms with E-state index in [1.807, 2.05) is 44.2 Å². The molecular formula is C20H24N2O3. The quantitative estimate of drug-likeness (QED) is 0.725. The number of anilines is 1. The minimum absolute atomic E-state index is 0.0549. The number of carbonyl (C=O) groups excluding carboxylic acids is 2. The van der Waals surface area contributed by atoms with Crippen LogP contribution in [0.15, 0.2) is 54.6 Å². The molecule has 5 nitrogen and oxygen atoms in total. The molecule has 132 valence electrons. The van der Waals surface area contributed by atoms with Crippen molar-refractivity contribution in [3.05, 3.63) is 65.7 Å². The van der Waals surface area contributed by atoms with Crippen LogP contribution in [-0.2, 0) is 22.6 Å². The van der Waals surface area contributed by atoms with E-state index in [1.54, 1.807) is 24.3 Å². The van der Waals surface area contributed by atoms with Crippen LogP contribution in [0.5, 0.6) is 0 Å². The van der Waals surface area contributed by atoms with Gasteiger partial charge in [0.25, 0.3) is 0 Å². The monoisotopic (exact) mass is 340 g/mol. The first-order chi connectivity index (χ1) is 12.0. The first-order valence-electron chi connectivity index (χ1n) is 8.33. The van der Waals surface area contributed by atoms with Crippen molar-refractivity contribution in [1.29, 1.82) is 0 Å². The molecule has 2 rings (SSSR count). The Morgan fingerprint density at radius 1 is 1.00 bits per heavy atom. The van der Waals surface area contributed by atoms with Crippen LogP contribution >= 0.6 is 0 Å². The molecule has 0 fully saturated rings. The van der Waals surface area contributed by atoms with Crippen molar-refractivity contribution in [3.8, 4) is 0 Å². The molecule has 0 aliphatic heterocycles. The average molecular weight is 340 g/mol. The van der Waals surface area contributed by atoms with Gasteiger partial charge in [-0.3, -0.25) is 9.59 Å². The number of nitrogens with one attached hydrogen (secondary N) is 2. The third kappa shape index (κ3) is 5.72. The third-order valence-corrected chi connectivity index (χ3v) is 3.85. The van der Waals surface area contributed by atoms with Crippen LogP contribution in [0.3, 0.4) is 0 Å². The number of hydrogen-bond donors (Lipinski definition) is 3. The second kappa shape index (κ2) is 8.99. The molecule has 0 aromatic heterocycles. The summed E-state index contributed by atoms with van der Waals surface area (Å²) in [5, 5.41) is 14.8. The van der Waals surface area contributed by atoms with Crippen LogP contribution in [0.1, 0.15) is 25.0 Å². The SMILES string of the molecule is CC(C)[C@H](NC(=O)Cc1ccccc1)C(=O)Nc1cccc(CO)c1. The maximum Gasteiger partial charge on any atom is 0.247 e. The molecule has 0 heterocycles. The number of benzene rings is 2. The predicted octanol–water partition coefficient (Wildman–Crippen LogP) is 2.50. The minimum atomic E-state index is -0.631. The Morgan fingerprint density at radius 3 is 2.32 bits per heavy atom. The molecular weight excluding hydrogens is 316 g/mol. The molecule has 5 heteroatoms. The van der Waals surface area contributed by atoms with Gasteiger partial charge < -0.3 is 15.7 Å². The molecule has 0 unspecified atom stereocenters. The largest absolute Gasteiger partial charge is 0.392 e. The van der Waals surface area contributed by atoms with Gasteiger partial charge >= 0.3 is 0 Å². The van der Waals surface area contributed by atoms with Gasteiger partial charge in [-0.2, -0.15) is 0 Å². The number of rotatable bonds is 7. The Kier molecular flexibility index (Phi) is 6.71. The van der Waals surface area contributed by atoms with Crippen LogP contribution < -0.4 is 10.6 Å². The first-order valence-corrected chi connectivity index (χ1v) is 8.33. The molecule has 25 heavy (non-hydrogen) atoms. The summed E-state index contributed by atoms with van der Waals surface area (Å²) < 4.78 is 0. The summed E-state index contributed by atoms with van der Waals surface area (Å²) >= 11 is 0. The summed E-state index contributed by atoms with van der Waals surface area (Å²) in [5.74, 6) is -0.517. The van der Waals surface area contributed by atoms with Crippen molar-refractivity contribution in [1.82, 2.24) is 5.32 Å². The lowest BCUT2D eigenvalue weighted by Gasteiger charge is -2.22. The van der Waals surface area contributed by atoms with Crippen molar-refractivity contribution < 1.29 is 14.7 Å². The Morgan fingerprint density at radius 2 is 1.68 bits per heavy atom. The van der Waals surface area contributed by atoms with Gasteiger partial charge in [0.2, 0.25) is 11.8 Å². The first kappa shape index (κ1) is 18.7. The summed E-state index contributed by atoms with van der Waals surface area (Å²) in [6, 6.07) is 15.8. The van der Waals surface area contributed by atoms with E-state index < -0.39 is 6.04 Å². The normalized spacial score (nSPS) is 11.8. The summed E-state index contributed by atoms with van der Waals surface area (Å²) in [4.78, 5) is 24.8. The molecule has 2 aromatic rings. The molecule has 0 radical (unpaired) electrons. The molecule has 3 N–H and O–H groups in total. The van der Waals surface area contributed by atoms with E-state index in [4.69, 9.17) is 0 Å². The molecule has 0 bridgehead atoms. The Hall–Kier alpha value is -2.66. The van der Waals surface area contributed by atoms with Gasteiger partial charge in [-0.1, -0.05) is 56.3 Å². The molecule has 0 aliphatic rings. The van der Waals surface area contributed by atoms with E-state index in [1.165, 1.54) is 0 Å².